The third-order valence-corrected chi connectivity index (χ3v) is 1.98. The molecule has 0 aromatic heterocycles. The molecule has 0 aliphatic heterocycles. The van der Waals surface area contributed by atoms with Crippen LogP contribution in [0.3, 0.4) is 0 Å². The summed E-state index contributed by atoms with van der Waals surface area (Å²) in [7, 11) is 0. The molecule has 0 saturated heterocycles. The Labute approximate surface area is 84.5 Å². The predicted octanol–water partition coefficient (Wildman–Crippen LogP) is 2.64. The van der Waals surface area contributed by atoms with Gasteiger partial charge in [-0.05, 0) is 17.5 Å². The second-order valence-electron chi connectivity index (χ2n) is 2.86. The SMILES string of the molecule is CCc1ccc([C@H](N)CF)cc1.Cl. The molecule has 3 heteroatoms. The number of benzene rings is 1. The number of hydrogen-bond acceptors (Lipinski definition) is 1. The first-order chi connectivity index (χ1) is 5.77. The average molecular weight is 204 g/mol. The first-order valence-electron chi connectivity index (χ1n) is 4.18. The van der Waals surface area contributed by atoms with Crippen molar-refractivity contribution in [3.63, 3.8) is 0 Å². The molecule has 0 unspecified atom stereocenters. The molecule has 13 heavy (non-hydrogen) atoms. The molecule has 0 saturated carbocycles. The van der Waals surface area contributed by atoms with E-state index in [4.69, 9.17) is 5.73 Å². The van der Waals surface area contributed by atoms with Crippen LogP contribution in [0.2, 0.25) is 0 Å². The van der Waals surface area contributed by atoms with E-state index in [-0.39, 0.29) is 12.4 Å². The summed E-state index contributed by atoms with van der Waals surface area (Å²) in [6, 6.07) is 7.30. The number of nitrogens with two attached hydrogens (primary N) is 1. The van der Waals surface area contributed by atoms with Gasteiger partial charge in [0, 0.05) is 0 Å². The highest BCUT2D eigenvalue weighted by atomic mass is 35.5. The van der Waals surface area contributed by atoms with Crippen LogP contribution in [0.4, 0.5) is 4.39 Å². The molecule has 1 atom stereocenters. The normalized spacial score (nSPS) is 11.9. The zero-order valence-electron chi connectivity index (χ0n) is 7.66. The molecule has 0 fully saturated rings. The maximum absolute atomic E-state index is 12.1. The smallest absolute Gasteiger partial charge is 0.109 e. The van der Waals surface area contributed by atoms with Gasteiger partial charge in [-0.2, -0.15) is 0 Å². The number of rotatable bonds is 3. The second-order valence-corrected chi connectivity index (χ2v) is 2.86. The summed E-state index contributed by atoms with van der Waals surface area (Å²) in [5.74, 6) is 0. The average Bonchev–Trinajstić information content (AvgIpc) is 2.17. The summed E-state index contributed by atoms with van der Waals surface area (Å²) >= 11 is 0. The summed E-state index contributed by atoms with van der Waals surface area (Å²) in [4.78, 5) is 0. The Morgan fingerprint density at radius 3 is 2.23 bits per heavy atom. The van der Waals surface area contributed by atoms with Gasteiger partial charge < -0.3 is 5.73 Å². The lowest BCUT2D eigenvalue weighted by atomic mass is 10.1. The highest BCUT2D eigenvalue weighted by Crippen LogP contribution is 2.12. The van der Waals surface area contributed by atoms with Crippen LogP contribution in [-0.4, -0.2) is 6.67 Å². The molecule has 1 aromatic carbocycles. The summed E-state index contributed by atoms with van der Waals surface area (Å²) in [6.07, 6.45) is 1.01. The Morgan fingerprint density at radius 1 is 1.31 bits per heavy atom. The van der Waals surface area contributed by atoms with E-state index in [0.717, 1.165) is 12.0 Å². The van der Waals surface area contributed by atoms with Crippen molar-refractivity contribution in [2.24, 2.45) is 5.73 Å². The van der Waals surface area contributed by atoms with Gasteiger partial charge in [-0.25, -0.2) is 4.39 Å². The number of alkyl halides is 1. The number of hydrogen-bond donors (Lipinski definition) is 1. The van der Waals surface area contributed by atoms with Crippen LogP contribution in [0.25, 0.3) is 0 Å². The van der Waals surface area contributed by atoms with Crippen molar-refractivity contribution in [3.05, 3.63) is 35.4 Å². The van der Waals surface area contributed by atoms with Crippen LogP contribution < -0.4 is 5.73 Å². The van der Waals surface area contributed by atoms with Crippen molar-refractivity contribution in [2.75, 3.05) is 6.67 Å². The summed E-state index contributed by atoms with van der Waals surface area (Å²) in [5, 5.41) is 0. The zero-order valence-corrected chi connectivity index (χ0v) is 8.48. The third-order valence-electron chi connectivity index (χ3n) is 1.98. The minimum atomic E-state index is -0.495. The Bertz CT molecular complexity index is 235. The third kappa shape index (κ3) is 3.33. The van der Waals surface area contributed by atoms with E-state index < -0.39 is 12.7 Å². The standard InChI is InChI=1S/C10H14FN.ClH/c1-2-8-3-5-9(6-4-8)10(12)7-11;/h3-6,10H,2,7,12H2,1H3;1H/t10-;/m1./s1. The predicted molar refractivity (Wildman–Crippen MR) is 56.0 cm³/mol. The van der Waals surface area contributed by atoms with E-state index in [0.29, 0.717) is 0 Å². The van der Waals surface area contributed by atoms with E-state index in [2.05, 4.69) is 6.92 Å². The Morgan fingerprint density at radius 2 is 1.85 bits per heavy atom. The zero-order chi connectivity index (χ0) is 8.97. The summed E-state index contributed by atoms with van der Waals surface area (Å²) in [5.41, 5.74) is 7.64. The van der Waals surface area contributed by atoms with E-state index >= 15 is 0 Å². The highest BCUT2D eigenvalue weighted by Gasteiger charge is 2.03. The lowest BCUT2D eigenvalue weighted by Gasteiger charge is -2.07. The lowest BCUT2D eigenvalue weighted by Crippen LogP contribution is -2.11. The van der Waals surface area contributed by atoms with Gasteiger partial charge in [-0.1, -0.05) is 31.2 Å². The molecule has 1 rings (SSSR count). The maximum Gasteiger partial charge on any atom is 0.109 e. The fraction of sp³-hybridized carbons (Fsp3) is 0.400. The van der Waals surface area contributed by atoms with Crippen molar-refractivity contribution in [1.29, 1.82) is 0 Å². The fourth-order valence-electron chi connectivity index (χ4n) is 1.09. The van der Waals surface area contributed by atoms with Crippen LogP contribution in [0.15, 0.2) is 24.3 Å². The van der Waals surface area contributed by atoms with Crippen molar-refractivity contribution in [3.8, 4) is 0 Å². The van der Waals surface area contributed by atoms with Crippen molar-refractivity contribution < 1.29 is 4.39 Å². The summed E-state index contributed by atoms with van der Waals surface area (Å²) in [6.45, 7) is 1.59. The van der Waals surface area contributed by atoms with Crippen LogP contribution in [0.1, 0.15) is 24.1 Å². The monoisotopic (exact) mass is 203 g/mol. The molecule has 0 amide bonds. The molecule has 0 heterocycles. The molecule has 0 bridgehead atoms. The topological polar surface area (TPSA) is 26.0 Å². The molecule has 2 N–H and O–H groups in total. The van der Waals surface area contributed by atoms with Crippen molar-refractivity contribution >= 4 is 12.4 Å². The first kappa shape index (κ1) is 12.4. The Hall–Kier alpha value is -0.600. The highest BCUT2D eigenvalue weighted by molar-refractivity contribution is 5.85. The van der Waals surface area contributed by atoms with Gasteiger partial charge in [0.2, 0.25) is 0 Å². The molecular formula is C10H15ClFN. The van der Waals surface area contributed by atoms with Gasteiger partial charge in [0.25, 0.3) is 0 Å². The molecule has 0 aliphatic carbocycles. The number of aryl methyl sites for hydroxylation is 1. The Balaban J connectivity index is 0.00000144. The van der Waals surface area contributed by atoms with Crippen molar-refractivity contribution in [1.82, 2.24) is 0 Å². The van der Waals surface area contributed by atoms with E-state index in [1.165, 1.54) is 5.56 Å². The van der Waals surface area contributed by atoms with Crippen molar-refractivity contribution in [2.45, 2.75) is 19.4 Å². The van der Waals surface area contributed by atoms with Gasteiger partial charge in [-0.3, -0.25) is 0 Å². The largest absolute Gasteiger partial charge is 0.322 e. The van der Waals surface area contributed by atoms with Crippen LogP contribution >= 0.6 is 12.4 Å². The van der Waals surface area contributed by atoms with Gasteiger partial charge in [-0.15, -0.1) is 12.4 Å². The Kier molecular flexibility index (Phi) is 5.67. The van der Waals surface area contributed by atoms with Crippen LogP contribution in [-0.2, 0) is 6.42 Å². The molecular weight excluding hydrogens is 189 g/mol. The van der Waals surface area contributed by atoms with Gasteiger partial charge in [0.05, 0.1) is 6.04 Å². The molecule has 1 nitrogen and oxygen atoms in total. The van der Waals surface area contributed by atoms with E-state index in [1.54, 1.807) is 0 Å². The van der Waals surface area contributed by atoms with E-state index in [1.807, 2.05) is 24.3 Å². The molecule has 0 radical (unpaired) electrons. The quantitative estimate of drug-likeness (QED) is 0.803. The molecule has 1 aromatic rings. The fourth-order valence-corrected chi connectivity index (χ4v) is 1.09. The second kappa shape index (κ2) is 5.95. The van der Waals surface area contributed by atoms with Crippen LogP contribution in [0, 0.1) is 0 Å². The molecule has 0 spiro atoms. The van der Waals surface area contributed by atoms with Gasteiger partial charge >= 0.3 is 0 Å². The minimum absolute atomic E-state index is 0. The molecule has 74 valence electrons. The maximum atomic E-state index is 12.1. The van der Waals surface area contributed by atoms with Crippen LogP contribution in [0.5, 0.6) is 0 Å². The lowest BCUT2D eigenvalue weighted by molar-refractivity contribution is 0.437. The van der Waals surface area contributed by atoms with Gasteiger partial charge in [0.15, 0.2) is 0 Å². The first-order valence-corrected chi connectivity index (χ1v) is 4.18. The minimum Gasteiger partial charge on any atom is -0.322 e. The van der Waals surface area contributed by atoms with Gasteiger partial charge in [0.1, 0.15) is 6.67 Å². The van der Waals surface area contributed by atoms with E-state index in [9.17, 15) is 4.39 Å². The summed E-state index contributed by atoms with van der Waals surface area (Å²) < 4.78 is 12.1. The molecule has 0 aliphatic rings. The number of halogens is 2.